The van der Waals surface area contributed by atoms with Crippen molar-refractivity contribution in [3.8, 4) is 0 Å². The van der Waals surface area contributed by atoms with E-state index in [2.05, 4.69) is 16.4 Å². The van der Waals surface area contributed by atoms with Gasteiger partial charge in [0.1, 0.15) is 5.82 Å². The highest BCUT2D eigenvalue weighted by Crippen LogP contribution is 2.43. The van der Waals surface area contributed by atoms with Crippen molar-refractivity contribution in [1.82, 2.24) is 14.5 Å². The molecule has 0 amide bonds. The van der Waals surface area contributed by atoms with Gasteiger partial charge in [-0.25, -0.2) is 9.37 Å². The summed E-state index contributed by atoms with van der Waals surface area (Å²) in [5.74, 6) is -0.0745. The summed E-state index contributed by atoms with van der Waals surface area (Å²) >= 11 is 0. The Hall–Kier alpha value is -1.72. The van der Waals surface area contributed by atoms with Crippen molar-refractivity contribution in [1.29, 1.82) is 0 Å². The van der Waals surface area contributed by atoms with E-state index in [4.69, 9.17) is 9.72 Å². The normalized spacial score (nSPS) is 20.0. The van der Waals surface area contributed by atoms with E-state index in [-0.39, 0.29) is 11.4 Å². The number of fused-ring (bicyclic) bond motifs is 2. The third kappa shape index (κ3) is 2.70. The van der Waals surface area contributed by atoms with Crippen LogP contribution in [0.3, 0.4) is 0 Å². The Morgan fingerprint density at radius 1 is 1.28 bits per heavy atom. The Morgan fingerprint density at radius 3 is 2.84 bits per heavy atom. The van der Waals surface area contributed by atoms with Gasteiger partial charge >= 0.3 is 0 Å². The number of aryl methyl sites for hydroxylation is 2. The maximum Gasteiger partial charge on any atom is 0.130 e. The number of benzene rings is 1. The molecule has 2 aliphatic rings. The molecule has 1 aromatic heterocycles. The minimum absolute atomic E-state index is 0.0745. The Kier molecular flexibility index (Phi) is 4.38. The SMILES string of the molecule is CCn1cnc2c1CCN(Cc1cccc(C)c1F)C21CCOCC1. The van der Waals surface area contributed by atoms with E-state index in [1.807, 2.05) is 31.5 Å². The first-order valence-corrected chi connectivity index (χ1v) is 9.27. The third-order valence-corrected chi connectivity index (χ3v) is 5.90. The van der Waals surface area contributed by atoms with Crippen LogP contribution in [0.1, 0.15) is 42.3 Å². The van der Waals surface area contributed by atoms with Crippen LogP contribution >= 0.6 is 0 Å². The van der Waals surface area contributed by atoms with Crippen LogP contribution in [0.2, 0.25) is 0 Å². The van der Waals surface area contributed by atoms with E-state index >= 15 is 0 Å². The molecule has 1 aromatic carbocycles. The first-order chi connectivity index (χ1) is 12.2. The molecule has 1 saturated heterocycles. The molecule has 0 radical (unpaired) electrons. The molecule has 134 valence electrons. The van der Waals surface area contributed by atoms with E-state index in [1.165, 1.54) is 11.4 Å². The smallest absolute Gasteiger partial charge is 0.130 e. The molecular formula is C20H26FN3O. The average Bonchev–Trinajstić information content (AvgIpc) is 3.06. The molecule has 0 bridgehead atoms. The number of imidazole rings is 1. The van der Waals surface area contributed by atoms with E-state index < -0.39 is 0 Å². The lowest BCUT2D eigenvalue weighted by Gasteiger charge is -2.48. The van der Waals surface area contributed by atoms with E-state index in [0.717, 1.165) is 51.1 Å². The van der Waals surface area contributed by atoms with Gasteiger partial charge in [-0.2, -0.15) is 0 Å². The summed E-state index contributed by atoms with van der Waals surface area (Å²) in [6.07, 6.45) is 4.79. The molecule has 2 aromatic rings. The molecule has 0 saturated carbocycles. The van der Waals surface area contributed by atoms with Gasteiger partial charge < -0.3 is 9.30 Å². The molecule has 0 unspecified atom stereocenters. The number of hydrogen-bond acceptors (Lipinski definition) is 3. The molecule has 25 heavy (non-hydrogen) atoms. The van der Waals surface area contributed by atoms with Crippen LogP contribution in [0.4, 0.5) is 4.39 Å². The third-order valence-electron chi connectivity index (χ3n) is 5.90. The van der Waals surface area contributed by atoms with Crippen LogP contribution in [0.15, 0.2) is 24.5 Å². The maximum atomic E-state index is 14.6. The molecule has 0 atom stereocenters. The quantitative estimate of drug-likeness (QED) is 0.855. The number of halogens is 1. The van der Waals surface area contributed by atoms with Crippen molar-refractivity contribution in [3.05, 3.63) is 52.9 Å². The Labute approximate surface area is 148 Å². The Balaban J connectivity index is 1.73. The lowest BCUT2D eigenvalue weighted by atomic mass is 9.80. The van der Waals surface area contributed by atoms with Gasteiger partial charge in [-0.15, -0.1) is 0 Å². The lowest BCUT2D eigenvalue weighted by molar-refractivity contribution is -0.0457. The zero-order chi connectivity index (χ0) is 17.4. The Morgan fingerprint density at radius 2 is 2.08 bits per heavy atom. The van der Waals surface area contributed by atoms with Gasteiger partial charge in [0.05, 0.1) is 17.6 Å². The van der Waals surface area contributed by atoms with Gasteiger partial charge in [0.15, 0.2) is 0 Å². The van der Waals surface area contributed by atoms with Crippen LogP contribution in [-0.2, 0) is 29.8 Å². The highest BCUT2D eigenvalue weighted by Gasteiger charge is 2.46. The molecule has 2 aliphatic heterocycles. The predicted octanol–water partition coefficient (Wildman–Crippen LogP) is 3.41. The summed E-state index contributed by atoms with van der Waals surface area (Å²) in [5.41, 5.74) is 3.92. The van der Waals surface area contributed by atoms with Gasteiger partial charge in [0.25, 0.3) is 0 Å². The van der Waals surface area contributed by atoms with Crippen LogP contribution in [0.25, 0.3) is 0 Å². The summed E-state index contributed by atoms with van der Waals surface area (Å²) in [6.45, 7) is 7.99. The lowest BCUT2D eigenvalue weighted by Crippen LogP contribution is -2.53. The fourth-order valence-electron chi connectivity index (χ4n) is 4.46. The van der Waals surface area contributed by atoms with Crippen molar-refractivity contribution in [2.24, 2.45) is 0 Å². The topological polar surface area (TPSA) is 30.3 Å². The highest BCUT2D eigenvalue weighted by molar-refractivity contribution is 5.30. The van der Waals surface area contributed by atoms with Crippen LogP contribution in [0, 0.1) is 12.7 Å². The van der Waals surface area contributed by atoms with Crippen molar-refractivity contribution in [2.45, 2.75) is 51.7 Å². The second-order valence-electron chi connectivity index (χ2n) is 7.19. The van der Waals surface area contributed by atoms with Crippen LogP contribution in [0.5, 0.6) is 0 Å². The number of aromatic nitrogens is 2. The summed E-state index contributed by atoms with van der Waals surface area (Å²) in [6, 6.07) is 5.70. The van der Waals surface area contributed by atoms with Crippen molar-refractivity contribution in [2.75, 3.05) is 19.8 Å². The predicted molar refractivity (Wildman–Crippen MR) is 94.9 cm³/mol. The van der Waals surface area contributed by atoms with Gasteiger partial charge in [-0.3, -0.25) is 4.90 Å². The second-order valence-corrected chi connectivity index (χ2v) is 7.19. The number of nitrogens with zero attached hydrogens (tertiary/aromatic N) is 3. The van der Waals surface area contributed by atoms with Crippen LogP contribution < -0.4 is 0 Å². The van der Waals surface area contributed by atoms with E-state index in [1.54, 1.807) is 0 Å². The zero-order valence-electron chi connectivity index (χ0n) is 15.1. The Bertz CT molecular complexity index is 764. The first kappa shape index (κ1) is 16.7. The fourth-order valence-corrected chi connectivity index (χ4v) is 4.46. The molecule has 4 nitrogen and oxygen atoms in total. The summed E-state index contributed by atoms with van der Waals surface area (Å²) in [4.78, 5) is 7.26. The molecular weight excluding hydrogens is 317 g/mol. The molecule has 1 fully saturated rings. The minimum atomic E-state index is -0.123. The van der Waals surface area contributed by atoms with Gasteiger partial charge in [-0.1, -0.05) is 18.2 Å². The molecule has 0 N–H and O–H groups in total. The minimum Gasteiger partial charge on any atom is -0.381 e. The van der Waals surface area contributed by atoms with Gasteiger partial charge in [0.2, 0.25) is 0 Å². The molecule has 1 spiro atoms. The van der Waals surface area contributed by atoms with Gasteiger partial charge in [-0.05, 0) is 32.3 Å². The summed E-state index contributed by atoms with van der Waals surface area (Å²) in [7, 11) is 0. The summed E-state index contributed by atoms with van der Waals surface area (Å²) < 4.78 is 22.5. The monoisotopic (exact) mass is 343 g/mol. The number of hydrogen-bond donors (Lipinski definition) is 0. The molecule has 3 heterocycles. The van der Waals surface area contributed by atoms with Crippen molar-refractivity contribution < 1.29 is 9.13 Å². The zero-order valence-corrected chi connectivity index (χ0v) is 15.1. The molecule has 0 aliphatic carbocycles. The second kappa shape index (κ2) is 6.54. The maximum absolute atomic E-state index is 14.6. The van der Waals surface area contributed by atoms with E-state index in [9.17, 15) is 4.39 Å². The van der Waals surface area contributed by atoms with Crippen molar-refractivity contribution in [3.63, 3.8) is 0 Å². The largest absolute Gasteiger partial charge is 0.381 e. The van der Waals surface area contributed by atoms with Crippen LogP contribution in [-0.4, -0.2) is 34.2 Å². The van der Waals surface area contributed by atoms with E-state index in [0.29, 0.717) is 12.1 Å². The molecule has 4 rings (SSSR count). The molecule has 5 heteroatoms. The summed E-state index contributed by atoms with van der Waals surface area (Å²) in [5, 5.41) is 0. The van der Waals surface area contributed by atoms with Gasteiger partial charge in [0, 0.05) is 50.5 Å². The highest BCUT2D eigenvalue weighted by atomic mass is 19.1. The first-order valence-electron chi connectivity index (χ1n) is 9.27. The fraction of sp³-hybridized carbons (Fsp3) is 0.550. The number of rotatable bonds is 3. The standard InChI is InChI=1S/C20H26FN3O/c1-3-23-14-22-19-17(23)7-10-24(20(19)8-11-25-12-9-20)13-16-6-4-5-15(2)18(16)21/h4-6,14H,3,7-13H2,1-2H3. The number of ether oxygens (including phenoxy) is 1. The van der Waals surface area contributed by atoms with Crippen molar-refractivity contribution >= 4 is 0 Å². The average molecular weight is 343 g/mol.